The molecule has 0 aliphatic heterocycles. The van der Waals surface area contributed by atoms with Gasteiger partial charge in [0.25, 0.3) is 0 Å². The predicted molar refractivity (Wildman–Crippen MR) is 59.6 cm³/mol. The number of hydrogen-bond donors (Lipinski definition) is 0. The number of methoxy groups -OCH3 is 1. The zero-order valence-corrected chi connectivity index (χ0v) is 9.69. The summed E-state index contributed by atoms with van der Waals surface area (Å²) in [6.45, 7) is 5.44. The summed E-state index contributed by atoms with van der Waals surface area (Å²) in [6.07, 6.45) is 1.07. The fraction of sp³-hybridized carbons (Fsp3) is 0.583. The lowest BCUT2D eigenvalue weighted by Gasteiger charge is -2.10. The number of nitrogens with zero attached hydrogens (tertiary/aromatic N) is 1. The van der Waals surface area contributed by atoms with Gasteiger partial charge in [0.2, 0.25) is 0 Å². The molecule has 0 aliphatic carbocycles. The Morgan fingerprint density at radius 1 is 1.40 bits per heavy atom. The lowest BCUT2D eigenvalue weighted by Crippen LogP contribution is -2.03. The maximum Gasteiger partial charge on any atom is 0.0962 e. The molecule has 0 spiro atoms. The molecule has 0 fully saturated rings. The van der Waals surface area contributed by atoms with Gasteiger partial charge in [-0.1, -0.05) is 13.0 Å². The van der Waals surface area contributed by atoms with Gasteiger partial charge in [-0.05, 0) is 25.5 Å². The second kappa shape index (κ2) is 6.53. The molecule has 0 unspecified atom stereocenters. The molecule has 0 radical (unpaired) electrons. The monoisotopic (exact) mass is 209 g/mol. The zero-order chi connectivity index (χ0) is 11.1. The number of rotatable bonds is 6. The summed E-state index contributed by atoms with van der Waals surface area (Å²) >= 11 is 0. The summed E-state index contributed by atoms with van der Waals surface area (Å²) in [5.74, 6) is 0. The molecule has 0 aromatic carbocycles. The Kier molecular flexibility index (Phi) is 5.29. The van der Waals surface area contributed by atoms with Gasteiger partial charge < -0.3 is 9.47 Å². The number of pyridine rings is 1. The fourth-order valence-electron chi connectivity index (χ4n) is 1.25. The molecule has 1 atom stereocenters. The Bertz CT molecular complexity index is 289. The average molecular weight is 209 g/mol. The third-order valence-corrected chi connectivity index (χ3v) is 2.20. The molecule has 1 rings (SSSR count). The first-order valence-electron chi connectivity index (χ1n) is 5.34. The quantitative estimate of drug-likeness (QED) is 0.675. The standard InChI is InChI=1S/C12H19NO2/c1-4-8-15-9-11-6-5-7-12(13-11)10(2)14-3/h5-7,10H,4,8-9H2,1-3H3/t10-/m1/s1. The van der Waals surface area contributed by atoms with E-state index in [1.807, 2.05) is 25.1 Å². The Labute approximate surface area is 91.4 Å². The molecule has 1 aromatic heterocycles. The lowest BCUT2D eigenvalue weighted by atomic mass is 10.2. The molecule has 3 nitrogen and oxygen atoms in total. The van der Waals surface area contributed by atoms with Gasteiger partial charge in [-0.2, -0.15) is 0 Å². The van der Waals surface area contributed by atoms with E-state index in [1.165, 1.54) is 0 Å². The minimum Gasteiger partial charge on any atom is -0.375 e. The van der Waals surface area contributed by atoms with Crippen LogP contribution in [0.5, 0.6) is 0 Å². The molecule has 0 amide bonds. The summed E-state index contributed by atoms with van der Waals surface area (Å²) in [6, 6.07) is 5.93. The minimum atomic E-state index is 0.0381. The van der Waals surface area contributed by atoms with Crippen LogP contribution in [-0.2, 0) is 16.1 Å². The van der Waals surface area contributed by atoms with Gasteiger partial charge >= 0.3 is 0 Å². The first kappa shape index (κ1) is 12.1. The Hall–Kier alpha value is -0.930. The van der Waals surface area contributed by atoms with Gasteiger partial charge in [0.1, 0.15) is 0 Å². The first-order valence-corrected chi connectivity index (χ1v) is 5.34. The molecule has 3 heteroatoms. The van der Waals surface area contributed by atoms with E-state index < -0.39 is 0 Å². The van der Waals surface area contributed by atoms with Crippen LogP contribution in [0.2, 0.25) is 0 Å². The first-order chi connectivity index (χ1) is 7.27. The number of ether oxygens (including phenoxy) is 2. The molecule has 1 heterocycles. The molecular weight excluding hydrogens is 190 g/mol. The Balaban J connectivity index is 2.57. The van der Waals surface area contributed by atoms with Crippen molar-refractivity contribution in [1.29, 1.82) is 0 Å². The number of hydrogen-bond acceptors (Lipinski definition) is 3. The molecule has 15 heavy (non-hydrogen) atoms. The highest BCUT2D eigenvalue weighted by atomic mass is 16.5. The second-order valence-electron chi connectivity index (χ2n) is 3.48. The van der Waals surface area contributed by atoms with E-state index in [1.54, 1.807) is 7.11 Å². The van der Waals surface area contributed by atoms with Crippen molar-refractivity contribution in [1.82, 2.24) is 4.98 Å². The highest BCUT2D eigenvalue weighted by molar-refractivity contribution is 5.12. The Morgan fingerprint density at radius 3 is 2.87 bits per heavy atom. The van der Waals surface area contributed by atoms with E-state index >= 15 is 0 Å². The van der Waals surface area contributed by atoms with Crippen molar-refractivity contribution in [2.45, 2.75) is 33.0 Å². The highest BCUT2D eigenvalue weighted by Crippen LogP contribution is 2.13. The van der Waals surface area contributed by atoms with E-state index in [0.29, 0.717) is 6.61 Å². The average Bonchev–Trinajstić information content (AvgIpc) is 2.29. The van der Waals surface area contributed by atoms with Crippen LogP contribution in [0.3, 0.4) is 0 Å². The van der Waals surface area contributed by atoms with Crippen molar-refractivity contribution >= 4 is 0 Å². The van der Waals surface area contributed by atoms with Crippen LogP contribution < -0.4 is 0 Å². The van der Waals surface area contributed by atoms with Crippen LogP contribution in [0.25, 0.3) is 0 Å². The third-order valence-electron chi connectivity index (χ3n) is 2.20. The smallest absolute Gasteiger partial charge is 0.0962 e. The zero-order valence-electron chi connectivity index (χ0n) is 9.69. The molecule has 0 saturated heterocycles. The van der Waals surface area contributed by atoms with Crippen molar-refractivity contribution in [3.63, 3.8) is 0 Å². The van der Waals surface area contributed by atoms with Crippen LogP contribution in [0.15, 0.2) is 18.2 Å². The predicted octanol–water partition coefficient (Wildman–Crippen LogP) is 2.72. The largest absolute Gasteiger partial charge is 0.375 e. The second-order valence-corrected chi connectivity index (χ2v) is 3.48. The van der Waals surface area contributed by atoms with E-state index in [2.05, 4.69) is 11.9 Å². The summed E-state index contributed by atoms with van der Waals surface area (Å²) in [4.78, 5) is 4.47. The summed E-state index contributed by atoms with van der Waals surface area (Å²) < 4.78 is 10.6. The SMILES string of the molecule is CCCOCc1cccc([C@@H](C)OC)n1. The fourth-order valence-corrected chi connectivity index (χ4v) is 1.25. The van der Waals surface area contributed by atoms with Gasteiger partial charge in [0, 0.05) is 13.7 Å². The van der Waals surface area contributed by atoms with Gasteiger partial charge in [-0.3, -0.25) is 4.98 Å². The lowest BCUT2D eigenvalue weighted by molar-refractivity contribution is 0.109. The van der Waals surface area contributed by atoms with Crippen molar-refractivity contribution < 1.29 is 9.47 Å². The molecule has 0 saturated carbocycles. The van der Waals surface area contributed by atoms with Crippen molar-refractivity contribution in [2.24, 2.45) is 0 Å². The molecular formula is C12H19NO2. The van der Waals surface area contributed by atoms with Gasteiger partial charge in [-0.25, -0.2) is 0 Å². The van der Waals surface area contributed by atoms with E-state index in [0.717, 1.165) is 24.4 Å². The molecule has 0 bridgehead atoms. The topological polar surface area (TPSA) is 31.4 Å². The molecule has 0 N–H and O–H groups in total. The third kappa shape index (κ3) is 3.98. The number of aromatic nitrogens is 1. The summed E-state index contributed by atoms with van der Waals surface area (Å²) in [7, 11) is 1.69. The van der Waals surface area contributed by atoms with Crippen molar-refractivity contribution in [2.75, 3.05) is 13.7 Å². The van der Waals surface area contributed by atoms with Crippen LogP contribution in [0.1, 0.15) is 37.8 Å². The van der Waals surface area contributed by atoms with Crippen LogP contribution >= 0.6 is 0 Å². The van der Waals surface area contributed by atoms with Gasteiger partial charge in [0.15, 0.2) is 0 Å². The normalized spacial score (nSPS) is 12.7. The van der Waals surface area contributed by atoms with Crippen molar-refractivity contribution in [3.8, 4) is 0 Å². The van der Waals surface area contributed by atoms with Crippen molar-refractivity contribution in [3.05, 3.63) is 29.6 Å². The molecule has 84 valence electrons. The van der Waals surface area contributed by atoms with Gasteiger partial charge in [-0.15, -0.1) is 0 Å². The highest BCUT2D eigenvalue weighted by Gasteiger charge is 2.05. The summed E-state index contributed by atoms with van der Waals surface area (Å²) in [5.41, 5.74) is 1.92. The maximum atomic E-state index is 5.43. The molecule has 0 aliphatic rings. The maximum absolute atomic E-state index is 5.43. The molecule has 1 aromatic rings. The van der Waals surface area contributed by atoms with Crippen LogP contribution in [0.4, 0.5) is 0 Å². The van der Waals surface area contributed by atoms with Crippen LogP contribution in [0, 0.1) is 0 Å². The van der Waals surface area contributed by atoms with E-state index in [4.69, 9.17) is 9.47 Å². The van der Waals surface area contributed by atoms with E-state index in [9.17, 15) is 0 Å². The van der Waals surface area contributed by atoms with Crippen LogP contribution in [-0.4, -0.2) is 18.7 Å². The van der Waals surface area contributed by atoms with E-state index in [-0.39, 0.29) is 6.10 Å². The Morgan fingerprint density at radius 2 is 2.20 bits per heavy atom. The van der Waals surface area contributed by atoms with Gasteiger partial charge in [0.05, 0.1) is 24.1 Å². The minimum absolute atomic E-state index is 0.0381. The summed E-state index contributed by atoms with van der Waals surface area (Å²) in [5, 5.41) is 0.